The fraction of sp³-hybridized carbons (Fsp3) is 0.389. The number of carbonyl (C=O) groups excluding carboxylic acids is 1. The molecule has 1 N–H and O–H groups in total. The number of carboxylic acid groups (broad SMARTS) is 1. The zero-order chi connectivity index (χ0) is 17.6. The molecule has 7 heteroatoms. The van der Waals surface area contributed by atoms with E-state index in [0.29, 0.717) is 24.3 Å². The molecule has 1 saturated heterocycles. The molecule has 1 aromatic carbocycles. The summed E-state index contributed by atoms with van der Waals surface area (Å²) >= 11 is 0. The monoisotopic (exact) mass is 343 g/mol. The van der Waals surface area contributed by atoms with Gasteiger partial charge in [0.05, 0.1) is 5.92 Å². The molecular formula is C18H18FN3O3. The van der Waals surface area contributed by atoms with Gasteiger partial charge in [0.2, 0.25) is 0 Å². The minimum atomic E-state index is -0.877. The van der Waals surface area contributed by atoms with Crippen LogP contribution < -0.4 is 0 Å². The van der Waals surface area contributed by atoms with Crippen LogP contribution in [0.1, 0.15) is 34.6 Å². The number of hydrogen-bond donors (Lipinski definition) is 1. The number of aromatic nitrogens is 2. The summed E-state index contributed by atoms with van der Waals surface area (Å²) < 4.78 is 15.7. The van der Waals surface area contributed by atoms with Crippen molar-refractivity contribution in [3.05, 3.63) is 47.0 Å². The first-order chi connectivity index (χ1) is 12.1. The van der Waals surface area contributed by atoms with Gasteiger partial charge in [0.15, 0.2) is 5.69 Å². The fourth-order valence-corrected chi connectivity index (χ4v) is 3.73. The van der Waals surface area contributed by atoms with Crippen molar-refractivity contribution < 1.29 is 19.1 Å². The number of rotatable bonds is 3. The molecule has 2 aliphatic rings. The molecule has 25 heavy (non-hydrogen) atoms. The van der Waals surface area contributed by atoms with Gasteiger partial charge in [-0.25, -0.2) is 9.07 Å². The lowest BCUT2D eigenvalue weighted by Crippen LogP contribution is -2.31. The molecule has 2 aromatic rings. The van der Waals surface area contributed by atoms with E-state index in [9.17, 15) is 14.0 Å². The number of halogens is 1. The van der Waals surface area contributed by atoms with Gasteiger partial charge >= 0.3 is 5.97 Å². The molecule has 0 bridgehead atoms. The van der Waals surface area contributed by atoms with Crippen LogP contribution in [-0.2, 0) is 17.6 Å². The Balaban J connectivity index is 1.70. The van der Waals surface area contributed by atoms with Crippen LogP contribution in [0, 0.1) is 11.7 Å². The highest BCUT2D eigenvalue weighted by Crippen LogP contribution is 2.30. The molecule has 0 saturated carbocycles. The minimum Gasteiger partial charge on any atom is -0.481 e. The van der Waals surface area contributed by atoms with E-state index in [2.05, 4.69) is 5.10 Å². The molecule has 0 radical (unpaired) electrons. The van der Waals surface area contributed by atoms with Crippen LogP contribution in [0.2, 0.25) is 0 Å². The Labute approximate surface area is 143 Å². The van der Waals surface area contributed by atoms with E-state index in [1.807, 2.05) is 0 Å². The predicted octanol–water partition coefficient (Wildman–Crippen LogP) is 2.05. The first kappa shape index (κ1) is 15.8. The van der Waals surface area contributed by atoms with Crippen molar-refractivity contribution in [2.45, 2.75) is 25.7 Å². The highest BCUT2D eigenvalue weighted by atomic mass is 19.1. The van der Waals surface area contributed by atoms with Crippen LogP contribution >= 0.6 is 0 Å². The van der Waals surface area contributed by atoms with Gasteiger partial charge in [-0.1, -0.05) is 12.1 Å². The third kappa shape index (κ3) is 2.59. The first-order valence-corrected chi connectivity index (χ1v) is 8.44. The van der Waals surface area contributed by atoms with Crippen molar-refractivity contribution in [2.75, 3.05) is 13.1 Å². The number of para-hydroxylation sites is 1. The number of aliphatic carboxylic acids is 1. The summed E-state index contributed by atoms with van der Waals surface area (Å²) in [6.45, 7) is 0.618. The van der Waals surface area contributed by atoms with Gasteiger partial charge in [0.25, 0.3) is 5.91 Å². The molecule has 1 unspecified atom stereocenters. The highest BCUT2D eigenvalue weighted by molar-refractivity contribution is 5.95. The number of hydrogen-bond acceptors (Lipinski definition) is 3. The third-order valence-electron chi connectivity index (χ3n) is 5.04. The van der Waals surface area contributed by atoms with Gasteiger partial charge in [-0.3, -0.25) is 9.59 Å². The Bertz CT molecular complexity index is 861. The van der Waals surface area contributed by atoms with Crippen molar-refractivity contribution in [1.82, 2.24) is 14.7 Å². The van der Waals surface area contributed by atoms with Crippen molar-refractivity contribution >= 4 is 11.9 Å². The Morgan fingerprint density at radius 1 is 1.24 bits per heavy atom. The summed E-state index contributed by atoms with van der Waals surface area (Å²) in [6.07, 6.45) is 2.85. The van der Waals surface area contributed by atoms with Crippen molar-refractivity contribution in [1.29, 1.82) is 0 Å². The highest BCUT2D eigenvalue weighted by Gasteiger charge is 2.35. The average Bonchev–Trinajstić information content (AvgIpc) is 3.31. The quantitative estimate of drug-likeness (QED) is 0.925. The third-order valence-corrected chi connectivity index (χ3v) is 5.04. The Morgan fingerprint density at radius 3 is 2.76 bits per heavy atom. The molecule has 6 nitrogen and oxygen atoms in total. The number of carboxylic acids is 1. The molecule has 4 rings (SSSR count). The van der Waals surface area contributed by atoms with Crippen LogP contribution in [0.5, 0.6) is 0 Å². The van der Waals surface area contributed by atoms with Crippen molar-refractivity contribution in [3.8, 4) is 5.69 Å². The Morgan fingerprint density at radius 2 is 2.04 bits per heavy atom. The lowest BCUT2D eigenvalue weighted by molar-refractivity contribution is -0.141. The van der Waals surface area contributed by atoms with E-state index in [1.54, 1.807) is 23.1 Å². The smallest absolute Gasteiger partial charge is 0.308 e. The number of carbonyl (C=O) groups is 2. The second kappa shape index (κ2) is 5.98. The molecule has 1 aliphatic carbocycles. The van der Waals surface area contributed by atoms with E-state index < -0.39 is 11.9 Å². The summed E-state index contributed by atoms with van der Waals surface area (Å²) in [5, 5.41) is 13.5. The average molecular weight is 343 g/mol. The van der Waals surface area contributed by atoms with Gasteiger partial charge in [0, 0.05) is 24.3 Å². The largest absolute Gasteiger partial charge is 0.481 e. The van der Waals surface area contributed by atoms with E-state index in [1.165, 1.54) is 10.7 Å². The summed E-state index contributed by atoms with van der Waals surface area (Å²) in [5.74, 6) is -2.04. The zero-order valence-corrected chi connectivity index (χ0v) is 13.6. The van der Waals surface area contributed by atoms with Crippen LogP contribution in [-0.4, -0.2) is 44.8 Å². The number of fused-ring (bicyclic) bond motifs is 1. The fourth-order valence-electron chi connectivity index (χ4n) is 3.73. The van der Waals surface area contributed by atoms with Crippen molar-refractivity contribution in [3.63, 3.8) is 0 Å². The lowest BCUT2D eigenvalue weighted by atomic mass is 10.1. The summed E-state index contributed by atoms with van der Waals surface area (Å²) in [4.78, 5) is 25.5. The molecule has 0 spiro atoms. The maximum Gasteiger partial charge on any atom is 0.308 e. The first-order valence-electron chi connectivity index (χ1n) is 8.44. The molecule has 1 atom stereocenters. The van der Waals surface area contributed by atoms with Crippen LogP contribution in [0.15, 0.2) is 24.3 Å². The maximum atomic E-state index is 14.2. The zero-order valence-electron chi connectivity index (χ0n) is 13.6. The normalized spacial score (nSPS) is 19.2. The molecular weight excluding hydrogens is 325 g/mol. The molecule has 1 aliphatic heterocycles. The second-order valence-electron chi connectivity index (χ2n) is 6.57. The van der Waals surface area contributed by atoms with Crippen LogP contribution in [0.4, 0.5) is 4.39 Å². The van der Waals surface area contributed by atoms with E-state index in [-0.39, 0.29) is 18.3 Å². The molecule has 1 amide bonds. The second-order valence-corrected chi connectivity index (χ2v) is 6.57. The summed E-state index contributed by atoms with van der Waals surface area (Å²) in [5.41, 5.74) is 2.42. The van der Waals surface area contributed by atoms with Crippen molar-refractivity contribution in [2.24, 2.45) is 5.92 Å². The van der Waals surface area contributed by atoms with E-state index in [0.717, 1.165) is 30.5 Å². The number of benzene rings is 1. The summed E-state index contributed by atoms with van der Waals surface area (Å²) in [6, 6.07) is 6.37. The van der Waals surface area contributed by atoms with Gasteiger partial charge in [-0.15, -0.1) is 0 Å². The van der Waals surface area contributed by atoms with Gasteiger partial charge in [-0.05, 0) is 37.8 Å². The predicted molar refractivity (Wildman–Crippen MR) is 87.2 cm³/mol. The topological polar surface area (TPSA) is 75.4 Å². The molecule has 1 aromatic heterocycles. The van der Waals surface area contributed by atoms with Gasteiger partial charge in [0.1, 0.15) is 11.5 Å². The Kier molecular flexibility index (Phi) is 3.78. The van der Waals surface area contributed by atoms with Crippen LogP contribution in [0.3, 0.4) is 0 Å². The molecule has 2 heterocycles. The number of likely N-dealkylation sites (tertiary alicyclic amines) is 1. The number of amides is 1. The minimum absolute atomic E-state index is 0.204. The van der Waals surface area contributed by atoms with E-state index in [4.69, 9.17) is 5.11 Å². The molecule has 130 valence electrons. The van der Waals surface area contributed by atoms with Crippen LogP contribution in [0.25, 0.3) is 5.69 Å². The number of nitrogens with zero attached hydrogens (tertiary/aromatic N) is 3. The SMILES string of the molecule is O=C(O)C1CCN(C(=O)c2nn(-c3ccccc3F)c3c2CCC3)C1. The molecule has 1 fully saturated rings. The van der Waals surface area contributed by atoms with Gasteiger partial charge < -0.3 is 10.0 Å². The lowest BCUT2D eigenvalue weighted by Gasteiger charge is -2.14. The summed E-state index contributed by atoms with van der Waals surface area (Å²) in [7, 11) is 0. The standard InChI is InChI=1S/C18H18FN3O3/c19-13-5-1-2-6-15(13)22-14-7-3-4-12(14)16(20-22)17(23)21-9-8-11(10-21)18(24)25/h1-2,5-6,11H,3-4,7-10H2,(H,24,25). The van der Waals surface area contributed by atoms with Gasteiger partial charge in [-0.2, -0.15) is 5.10 Å². The maximum absolute atomic E-state index is 14.2. The Hall–Kier alpha value is -2.70. The van der Waals surface area contributed by atoms with E-state index >= 15 is 0 Å².